The second-order valence-corrected chi connectivity index (χ2v) is 10.1. The normalized spacial score (nSPS) is 14.3. The van der Waals surface area contributed by atoms with Gasteiger partial charge >= 0.3 is 0 Å². The van der Waals surface area contributed by atoms with Gasteiger partial charge in [0.2, 0.25) is 0 Å². The molecule has 3 N–H and O–H groups in total. The maximum Gasteiger partial charge on any atom is 0.280 e. The lowest BCUT2D eigenvalue weighted by Crippen LogP contribution is -2.24. The summed E-state index contributed by atoms with van der Waals surface area (Å²) in [5.41, 5.74) is 7.62. The van der Waals surface area contributed by atoms with Gasteiger partial charge in [0.25, 0.3) is 5.91 Å². The zero-order valence-electron chi connectivity index (χ0n) is 16.4. The molecule has 1 aliphatic carbocycles. The number of anilines is 2. The fourth-order valence-electron chi connectivity index (χ4n) is 2.87. The number of benzene rings is 2. The van der Waals surface area contributed by atoms with Gasteiger partial charge < -0.3 is 10.6 Å². The van der Waals surface area contributed by atoms with E-state index in [1.54, 1.807) is 35.8 Å². The molecule has 2 aromatic carbocycles. The Balaban J connectivity index is 1.58. The van der Waals surface area contributed by atoms with Crippen molar-refractivity contribution < 1.29 is 18.0 Å². The zero-order chi connectivity index (χ0) is 21.8. The van der Waals surface area contributed by atoms with Crippen molar-refractivity contribution >= 4 is 43.6 Å². The Morgan fingerprint density at radius 3 is 2.58 bits per heavy atom. The van der Waals surface area contributed by atoms with Crippen LogP contribution in [0.2, 0.25) is 0 Å². The van der Waals surface area contributed by atoms with Crippen LogP contribution in [0.4, 0.5) is 10.8 Å². The van der Waals surface area contributed by atoms with Crippen molar-refractivity contribution in [3.8, 4) is 0 Å². The fourth-order valence-corrected chi connectivity index (χ4v) is 5.05. The van der Waals surface area contributed by atoms with Crippen molar-refractivity contribution in [1.82, 2.24) is 4.98 Å². The molecular formula is C21H20N4O4S2. The van der Waals surface area contributed by atoms with E-state index in [4.69, 9.17) is 10.6 Å². The summed E-state index contributed by atoms with van der Waals surface area (Å²) in [6, 6.07) is 13.3. The van der Waals surface area contributed by atoms with Crippen LogP contribution in [0.3, 0.4) is 0 Å². The highest BCUT2D eigenvalue weighted by Gasteiger charge is 2.36. The number of amides is 1. The van der Waals surface area contributed by atoms with Gasteiger partial charge in [0.1, 0.15) is 6.61 Å². The number of carbonyl (C=O) groups is 1. The van der Waals surface area contributed by atoms with E-state index >= 15 is 0 Å². The molecule has 3 aromatic rings. The van der Waals surface area contributed by atoms with Crippen molar-refractivity contribution in [3.05, 3.63) is 71.2 Å². The second-order valence-electron chi connectivity index (χ2n) is 6.97. The average Bonchev–Trinajstić information content (AvgIpc) is 3.51. The van der Waals surface area contributed by atoms with Crippen molar-refractivity contribution in [2.75, 3.05) is 11.1 Å². The lowest BCUT2D eigenvalue weighted by atomic mass is 10.1. The largest absolute Gasteiger partial charge is 0.398 e. The van der Waals surface area contributed by atoms with E-state index in [-0.39, 0.29) is 22.5 Å². The number of sulfone groups is 1. The third-order valence-corrected chi connectivity index (χ3v) is 7.69. The summed E-state index contributed by atoms with van der Waals surface area (Å²) in [5.74, 6) is -0.520. The smallest absolute Gasteiger partial charge is 0.280 e. The molecule has 1 amide bonds. The van der Waals surface area contributed by atoms with E-state index < -0.39 is 15.7 Å². The molecule has 10 heteroatoms. The molecule has 1 aromatic heterocycles. The third-order valence-electron chi connectivity index (χ3n) is 4.72. The maximum atomic E-state index is 12.8. The van der Waals surface area contributed by atoms with Gasteiger partial charge in [-0.3, -0.25) is 10.1 Å². The summed E-state index contributed by atoms with van der Waals surface area (Å²) < 4.78 is 24.9. The molecule has 160 valence electrons. The minimum absolute atomic E-state index is 0.0000671. The summed E-state index contributed by atoms with van der Waals surface area (Å²) in [4.78, 5) is 22.5. The van der Waals surface area contributed by atoms with Crippen LogP contribution in [-0.4, -0.2) is 30.3 Å². The van der Waals surface area contributed by atoms with Crippen LogP contribution in [0.1, 0.15) is 24.0 Å². The van der Waals surface area contributed by atoms with Crippen molar-refractivity contribution in [2.45, 2.75) is 29.6 Å². The molecule has 0 bridgehead atoms. The predicted molar refractivity (Wildman–Crippen MR) is 120 cm³/mol. The minimum atomic E-state index is -3.32. The maximum absolute atomic E-state index is 12.8. The van der Waals surface area contributed by atoms with Gasteiger partial charge in [-0.05, 0) is 31.0 Å². The van der Waals surface area contributed by atoms with Crippen LogP contribution in [0, 0.1) is 0 Å². The highest BCUT2D eigenvalue weighted by atomic mass is 32.2. The standard InChI is InChI=1S/C21H20N4O4S2/c22-18-4-2-1-3-15(18)13-29-25-19(20(26)24-21-23-11-12-30-21)14-5-7-16(8-6-14)31(27,28)17-9-10-17/h1-8,11-12,17H,9-10,13,22H2,(H,23,24,26)/b25-19+. The third kappa shape index (κ3) is 4.92. The van der Waals surface area contributed by atoms with Gasteiger partial charge in [-0.15, -0.1) is 11.3 Å². The van der Waals surface area contributed by atoms with Crippen LogP contribution in [0.5, 0.6) is 0 Å². The molecule has 0 aliphatic heterocycles. The molecule has 1 fully saturated rings. The van der Waals surface area contributed by atoms with Gasteiger partial charge in [-0.2, -0.15) is 0 Å². The molecule has 0 unspecified atom stereocenters. The van der Waals surface area contributed by atoms with E-state index in [0.717, 1.165) is 5.56 Å². The van der Waals surface area contributed by atoms with Gasteiger partial charge in [0.15, 0.2) is 20.7 Å². The minimum Gasteiger partial charge on any atom is -0.398 e. The Kier molecular flexibility index (Phi) is 6.01. The Labute approximate surface area is 183 Å². The highest BCUT2D eigenvalue weighted by Crippen LogP contribution is 2.33. The van der Waals surface area contributed by atoms with Gasteiger partial charge in [0, 0.05) is 28.4 Å². The van der Waals surface area contributed by atoms with Crippen LogP contribution in [0.25, 0.3) is 0 Å². The van der Waals surface area contributed by atoms with E-state index in [0.29, 0.717) is 29.2 Å². The zero-order valence-corrected chi connectivity index (χ0v) is 18.0. The number of hydrogen-bond acceptors (Lipinski definition) is 8. The first-order chi connectivity index (χ1) is 14.9. The Bertz CT molecular complexity index is 1200. The monoisotopic (exact) mass is 456 g/mol. The SMILES string of the molecule is Nc1ccccc1CO/N=C(/C(=O)Nc1nccs1)c1ccc(S(=O)(=O)C2CC2)cc1. The molecule has 31 heavy (non-hydrogen) atoms. The van der Waals surface area contributed by atoms with E-state index in [1.807, 2.05) is 12.1 Å². The van der Waals surface area contributed by atoms with Crippen LogP contribution < -0.4 is 11.1 Å². The number of nitrogens with zero attached hydrogens (tertiary/aromatic N) is 2. The summed E-state index contributed by atoms with van der Waals surface area (Å²) in [5, 5.41) is 8.54. The summed E-state index contributed by atoms with van der Waals surface area (Å²) in [6.07, 6.45) is 2.94. The molecule has 4 rings (SSSR count). The first kappa shape index (κ1) is 21.0. The summed E-state index contributed by atoms with van der Waals surface area (Å²) in [7, 11) is -3.32. The van der Waals surface area contributed by atoms with Crippen LogP contribution in [0.15, 0.2) is 70.2 Å². The van der Waals surface area contributed by atoms with Crippen LogP contribution >= 0.6 is 11.3 Å². The topological polar surface area (TPSA) is 124 Å². The Morgan fingerprint density at radius 1 is 1.19 bits per heavy atom. The number of hydrogen-bond donors (Lipinski definition) is 2. The Hall–Kier alpha value is -3.24. The number of nitrogen functional groups attached to an aromatic ring is 1. The van der Waals surface area contributed by atoms with E-state index in [9.17, 15) is 13.2 Å². The van der Waals surface area contributed by atoms with E-state index in [1.165, 1.54) is 23.5 Å². The quantitative estimate of drug-likeness (QED) is 0.305. The highest BCUT2D eigenvalue weighted by molar-refractivity contribution is 7.92. The lowest BCUT2D eigenvalue weighted by Gasteiger charge is -2.09. The predicted octanol–water partition coefficient (Wildman–Crippen LogP) is 3.22. The number of nitrogens with two attached hydrogens (primary N) is 1. The van der Waals surface area contributed by atoms with Crippen molar-refractivity contribution in [1.29, 1.82) is 0 Å². The van der Waals surface area contributed by atoms with Crippen LogP contribution in [-0.2, 0) is 26.1 Å². The fraction of sp³-hybridized carbons (Fsp3) is 0.190. The molecule has 8 nitrogen and oxygen atoms in total. The molecule has 1 saturated carbocycles. The number of rotatable bonds is 8. The molecule has 0 atom stereocenters. The van der Waals surface area contributed by atoms with E-state index in [2.05, 4.69) is 15.5 Å². The number of thiazole rings is 1. The molecule has 1 aliphatic rings. The van der Waals surface area contributed by atoms with Gasteiger partial charge in [-0.1, -0.05) is 35.5 Å². The number of carbonyl (C=O) groups excluding carboxylic acids is 1. The Morgan fingerprint density at radius 2 is 1.94 bits per heavy atom. The second kappa shape index (κ2) is 8.86. The molecule has 0 saturated heterocycles. The lowest BCUT2D eigenvalue weighted by molar-refractivity contribution is -0.110. The number of para-hydroxylation sites is 1. The number of oxime groups is 1. The average molecular weight is 457 g/mol. The molecule has 0 spiro atoms. The number of nitrogens with one attached hydrogen (secondary N) is 1. The molecular weight excluding hydrogens is 436 g/mol. The first-order valence-corrected chi connectivity index (χ1v) is 12.0. The van der Waals surface area contributed by atoms with Gasteiger partial charge in [0.05, 0.1) is 10.1 Å². The summed E-state index contributed by atoms with van der Waals surface area (Å²) >= 11 is 1.27. The number of aromatic nitrogens is 1. The summed E-state index contributed by atoms with van der Waals surface area (Å²) in [6.45, 7) is 0.0782. The molecule has 1 heterocycles. The van der Waals surface area contributed by atoms with Gasteiger partial charge in [-0.25, -0.2) is 13.4 Å². The molecule has 0 radical (unpaired) electrons. The van der Waals surface area contributed by atoms with Crippen molar-refractivity contribution in [3.63, 3.8) is 0 Å². The van der Waals surface area contributed by atoms with Crippen molar-refractivity contribution in [2.24, 2.45) is 5.16 Å². The first-order valence-electron chi connectivity index (χ1n) is 9.53.